The second-order valence-electron chi connectivity index (χ2n) is 10.9. The first-order valence-electron chi connectivity index (χ1n) is 17.3. The van der Waals surface area contributed by atoms with E-state index in [-0.39, 0.29) is 39.6 Å². The van der Waals surface area contributed by atoms with Gasteiger partial charge in [0.2, 0.25) is 0 Å². The Morgan fingerprint density at radius 2 is 0.792 bits per heavy atom. The van der Waals surface area contributed by atoms with E-state index in [4.69, 9.17) is 42.6 Å². The van der Waals surface area contributed by atoms with E-state index >= 15 is 0 Å². The highest BCUT2D eigenvalue weighted by Gasteiger charge is 2.52. The lowest BCUT2D eigenvalue weighted by Gasteiger charge is -2.49. The van der Waals surface area contributed by atoms with Crippen LogP contribution in [0.25, 0.3) is 0 Å². The summed E-state index contributed by atoms with van der Waals surface area (Å²) in [7, 11) is 0. The molecule has 0 radical (unpaired) electrons. The molecule has 0 fully saturated rings. The van der Waals surface area contributed by atoms with Gasteiger partial charge in [-0.05, 0) is 25.7 Å². The van der Waals surface area contributed by atoms with E-state index in [1.165, 1.54) is 0 Å². The molecular formula is C36H62O12. The van der Waals surface area contributed by atoms with Crippen molar-refractivity contribution in [1.29, 1.82) is 0 Å². The van der Waals surface area contributed by atoms with Gasteiger partial charge in [0.05, 0.1) is 63.4 Å². The van der Waals surface area contributed by atoms with Gasteiger partial charge in [-0.3, -0.25) is 0 Å². The number of carbonyl (C=O) groups excluding carboxylic acids is 3. The third-order valence-electron chi connectivity index (χ3n) is 7.32. The van der Waals surface area contributed by atoms with Crippen molar-refractivity contribution < 1.29 is 57.0 Å². The molecule has 0 aliphatic carbocycles. The zero-order valence-electron chi connectivity index (χ0n) is 29.9. The number of hydrogen-bond donors (Lipinski definition) is 0. The first-order chi connectivity index (χ1) is 23.3. The Hall–Kier alpha value is -2.61. The molecule has 3 unspecified atom stereocenters. The van der Waals surface area contributed by atoms with Crippen molar-refractivity contribution in [1.82, 2.24) is 0 Å². The monoisotopic (exact) mass is 686 g/mol. The molecular weight excluding hydrogens is 624 g/mol. The zero-order valence-corrected chi connectivity index (χ0v) is 29.9. The van der Waals surface area contributed by atoms with Crippen LogP contribution < -0.4 is 0 Å². The lowest BCUT2D eigenvalue weighted by atomic mass is 9.69. The van der Waals surface area contributed by atoms with Gasteiger partial charge in [-0.25, -0.2) is 14.4 Å². The lowest BCUT2D eigenvalue weighted by molar-refractivity contribution is -0.225. The highest BCUT2D eigenvalue weighted by molar-refractivity contribution is 5.81. The molecule has 0 bridgehead atoms. The number of ether oxygens (including phenoxy) is 9. The minimum atomic E-state index is -0.778. The van der Waals surface area contributed by atoms with Gasteiger partial charge in [-0.15, -0.1) is 0 Å². The molecule has 0 aliphatic heterocycles. The Bertz CT molecular complexity index is 770. The summed E-state index contributed by atoms with van der Waals surface area (Å²) in [5.41, 5.74) is -0.778. The maximum Gasteiger partial charge on any atom is 0.330 e. The van der Waals surface area contributed by atoms with Crippen LogP contribution in [0.3, 0.4) is 0 Å². The van der Waals surface area contributed by atoms with E-state index in [1.54, 1.807) is 0 Å². The van der Waals surface area contributed by atoms with Crippen LogP contribution in [-0.4, -0.2) is 116 Å². The molecule has 0 aromatic heterocycles. The summed E-state index contributed by atoms with van der Waals surface area (Å²) >= 11 is 0. The largest absolute Gasteiger partial charge is 0.462 e. The molecule has 278 valence electrons. The summed E-state index contributed by atoms with van der Waals surface area (Å²) in [6.07, 6.45) is 6.42. The molecule has 0 saturated carbocycles. The predicted molar refractivity (Wildman–Crippen MR) is 183 cm³/mol. The topological polar surface area (TPSA) is 134 Å². The summed E-state index contributed by atoms with van der Waals surface area (Å²) < 4.78 is 53.5. The standard InChI is InChI=1S/C36H62O12/c1-8-18-43-30(27-40-21-15-24-46-33(37)11-4)36(14-7,31(44-19-9-2)28-41-22-16-25-47-34(38)12-5)32(45-20-10-3)29-42-23-17-26-48-35(39)13-6/h11-13,30-32H,4-6,8-10,14-29H2,1-3,7H3. The molecule has 0 N–H and O–H groups in total. The van der Waals surface area contributed by atoms with E-state index in [2.05, 4.69) is 26.7 Å². The molecule has 0 rings (SSSR count). The smallest absolute Gasteiger partial charge is 0.330 e. The Balaban J connectivity index is 6.28. The molecule has 48 heavy (non-hydrogen) atoms. The van der Waals surface area contributed by atoms with Crippen molar-refractivity contribution in [2.75, 3.05) is 79.3 Å². The van der Waals surface area contributed by atoms with Crippen LogP contribution in [0.15, 0.2) is 38.0 Å². The van der Waals surface area contributed by atoms with Gasteiger partial charge in [-0.1, -0.05) is 47.4 Å². The molecule has 0 saturated heterocycles. The SMILES string of the molecule is C=CC(=O)OCCCOCC(OCCC)C(CC)(C(COCCCOC(=O)C=C)OCCC)C(COCCCOC(=O)C=C)OCCC. The highest BCUT2D eigenvalue weighted by atomic mass is 16.6. The van der Waals surface area contributed by atoms with Crippen molar-refractivity contribution in [3.05, 3.63) is 38.0 Å². The van der Waals surface area contributed by atoms with E-state index in [0.29, 0.717) is 65.3 Å². The maximum absolute atomic E-state index is 11.4. The van der Waals surface area contributed by atoms with Crippen LogP contribution in [0.2, 0.25) is 0 Å². The minimum Gasteiger partial charge on any atom is -0.462 e. The van der Waals surface area contributed by atoms with Crippen LogP contribution in [-0.2, 0) is 57.0 Å². The van der Waals surface area contributed by atoms with Crippen molar-refractivity contribution >= 4 is 17.9 Å². The Morgan fingerprint density at radius 3 is 1.02 bits per heavy atom. The van der Waals surface area contributed by atoms with E-state index in [1.807, 2.05) is 20.8 Å². The van der Waals surface area contributed by atoms with Crippen molar-refractivity contribution in [2.45, 2.75) is 91.0 Å². The van der Waals surface area contributed by atoms with Crippen LogP contribution in [0.1, 0.15) is 72.6 Å². The minimum absolute atomic E-state index is 0.209. The number of rotatable bonds is 34. The summed E-state index contributed by atoms with van der Waals surface area (Å²) in [6, 6.07) is 0. The highest BCUT2D eigenvalue weighted by Crippen LogP contribution is 2.41. The first kappa shape index (κ1) is 45.4. The molecule has 0 aromatic carbocycles. The van der Waals surface area contributed by atoms with Gasteiger partial charge in [0.25, 0.3) is 0 Å². The van der Waals surface area contributed by atoms with Crippen molar-refractivity contribution in [3.8, 4) is 0 Å². The van der Waals surface area contributed by atoms with Crippen LogP contribution in [0, 0.1) is 5.41 Å². The molecule has 0 aromatic rings. The Kier molecular flexibility index (Phi) is 28.8. The normalized spacial score (nSPS) is 14.2. The average Bonchev–Trinajstić information content (AvgIpc) is 3.10. The molecule has 0 heterocycles. The number of hydrogen-bond acceptors (Lipinski definition) is 12. The summed E-state index contributed by atoms with van der Waals surface area (Å²) in [4.78, 5) is 34.3. The van der Waals surface area contributed by atoms with Gasteiger partial charge in [-0.2, -0.15) is 0 Å². The number of esters is 3. The van der Waals surface area contributed by atoms with Crippen LogP contribution >= 0.6 is 0 Å². The third kappa shape index (κ3) is 19.4. The van der Waals surface area contributed by atoms with Crippen LogP contribution in [0.5, 0.6) is 0 Å². The third-order valence-corrected chi connectivity index (χ3v) is 7.32. The van der Waals surface area contributed by atoms with Gasteiger partial charge >= 0.3 is 17.9 Å². The molecule has 3 atom stereocenters. The first-order valence-corrected chi connectivity index (χ1v) is 17.3. The quantitative estimate of drug-likeness (QED) is 0.0382. The number of carbonyl (C=O) groups is 3. The Labute approximate surface area is 288 Å². The maximum atomic E-state index is 11.4. The Morgan fingerprint density at radius 1 is 0.500 bits per heavy atom. The molecule has 0 amide bonds. The fraction of sp³-hybridized carbons (Fsp3) is 0.750. The second-order valence-corrected chi connectivity index (χ2v) is 10.9. The van der Waals surface area contributed by atoms with E-state index < -0.39 is 41.6 Å². The van der Waals surface area contributed by atoms with Crippen molar-refractivity contribution in [3.63, 3.8) is 0 Å². The molecule has 0 aliphatic rings. The van der Waals surface area contributed by atoms with Crippen molar-refractivity contribution in [2.24, 2.45) is 5.41 Å². The van der Waals surface area contributed by atoms with E-state index in [9.17, 15) is 14.4 Å². The van der Waals surface area contributed by atoms with Gasteiger partial charge in [0, 0.05) is 77.1 Å². The van der Waals surface area contributed by atoms with Gasteiger partial charge in [0.15, 0.2) is 0 Å². The summed E-state index contributed by atoms with van der Waals surface area (Å²) in [5, 5.41) is 0. The van der Waals surface area contributed by atoms with Crippen LogP contribution in [0.4, 0.5) is 0 Å². The predicted octanol–water partition coefficient (Wildman–Crippen LogP) is 5.18. The molecule has 12 nitrogen and oxygen atoms in total. The molecule has 12 heteroatoms. The zero-order chi connectivity index (χ0) is 35.9. The summed E-state index contributed by atoms with van der Waals surface area (Å²) in [6.45, 7) is 22.3. The lowest BCUT2D eigenvalue weighted by Crippen LogP contribution is -2.60. The van der Waals surface area contributed by atoms with Gasteiger partial charge < -0.3 is 42.6 Å². The van der Waals surface area contributed by atoms with E-state index in [0.717, 1.165) is 37.5 Å². The van der Waals surface area contributed by atoms with Gasteiger partial charge in [0.1, 0.15) is 0 Å². The fourth-order valence-corrected chi connectivity index (χ4v) is 4.91. The molecule has 0 spiro atoms. The average molecular weight is 687 g/mol. The summed E-state index contributed by atoms with van der Waals surface area (Å²) in [5.74, 6) is -1.43. The fourth-order valence-electron chi connectivity index (χ4n) is 4.91. The second kappa shape index (κ2) is 30.4.